The lowest BCUT2D eigenvalue weighted by molar-refractivity contribution is 1.28. The molecule has 0 saturated heterocycles. The van der Waals surface area contributed by atoms with Gasteiger partial charge in [0, 0.05) is 0 Å². The zero-order chi connectivity index (χ0) is 18.0. The molecule has 4 heteroatoms. The summed E-state index contributed by atoms with van der Waals surface area (Å²) in [5, 5.41) is 9.46. The fraction of sp³-hybridized carbons (Fsp3) is 0.400. The van der Waals surface area contributed by atoms with Crippen LogP contribution in [0.1, 0.15) is 11.1 Å². The molecule has 2 aromatic rings. The number of rotatable bonds is 6. The van der Waals surface area contributed by atoms with Crippen molar-refractivity contribution in [3.63, 3.8) is 0 Å². The summed E-state index contributed by atoms with van der Waals surface area (Å²) in [6.45, 7) is 14.2. The maximum atomic E-state index is 6.34. The molecule has 2 rings (SSSR count). The van der Waals surface area contributed by atoms with Crippen LogP contribution in [0, 0.1) is 0 Å². The van der Waals surface area contributed by atoms with E-state index in [0.717, 1.165) is 6.04 Å². The second-order valence-electron chi connectivity index (χ2n) is 8.82. The summed E-state index contributed by atoms with van der Waals surface area (Å²) < 4.78 is 0. The van der Waals surface area contributed by atoms with Gasteiger partial charge in [0.05, 0.1) is 16.9 Å². The lowest BCUT2D eigenvalue weighted by atomic mass is 10.2. The second-order valence-corrected chi connectivity index (χ2v) is 20.8. The molecule has 0 bridgehead atoms. The number of hydrogen-bond donors (Lipinski definition) is 1. The Labute approximate surface area is 152 Å². The summed E-state index contributed by atoms with van der Waals surface area (Å²) >= 11 is 0. The third-order valence-corrected chi connectivity index (χ3v) is 10.9. The highest BCUT2D eigenvalue weighted by Gasteiger charge is 2.25. The molecule has 0 saturated carbocycles. The first kappa shape index (κ1) is 19.4. The topological polar surface area (TPSA) is 26.0 Å². The second kappa shape index (κ2) is 7.52. The molecule has 0 fully saturated rings. The molecule has 0 aromatic heterocycles. The predicted molar refractivity (Wildman–Crippen MR) is 118 cm³/mol. The van der Waals surface area contributed by atoms with Crippen LogP contribution in [0.15, 0.2) is 48.5 Å². The maximum absolute atomic E-state index is 6.34. The van der Waals surface area contributed by atoms with Crippen LogP contribution in [0.25, 0.3) is 0 Å². The Morgan fingerprint density at radius 2 is 1.46 bits per heavy atom. The summed E-state index contributed by atoms with van der Waals surface area (Å²) in [5.41, 5.74) is 2.91. The van der Waals surface area contributed by atoms with Gasteiger partial charge in [0.1, 0.15) is 8.24 Å². The Hall–Kier alpha value is -0.949. The average molecular weight is 372 g/mol. The SMILES string of the molecule is C[SiH](C)c1ccc(C[Si](C)(C)c2cccc(C[Si](C)(C)N)c2)cc1. The van der Waals surface area contributed by atoms with Crippen LogP contribution in [-0.2, 0) is 12.1 Å². The van der Waals surface area contributed by atoms with Crippen molar-refractivity contribution in [1.29, 1.82) is 0 Å². The Balaban J connectivity index is 2.19. The van der Waals surface area contributed by atoms with E-state index < -0.39 is 25.1 Å². The van der Waals surface area contributed by atoms with Crippen LogP contribution in [0.4, 0.5) is 0 Å². The largest absolute Gasteiger partial charge is 0.351 e. The Morgan fingerprint density at radius 1 is 0.833 bits per heavy atom. The first-order chi connectivity index (χ1) is 11.1. The molecule has 0 radical (unpaired) electrons. The van der Waals surface area contributed by atoms with Gasteiger partial charge in [0.2, 0.25) is 0 Å². The lowest BCUT2D eigenvalue weighted by Crippen LogP contribution is -2.45. The molecule has 0 amide bonds. The maximum Gasteiger partial charge on any atom is 0.121 e. The monoisotopic (exact) mass is 371 g/mol. The molecular formula is C20H33NSi3. The van der Waals surface area contributed by atoms with Crippen molar-refractivity contribution in [2.24, 2.45) is 5.40 Å². The van der Waals surface area contributed by atoms with E-state index in [1.165, 1.54) is 17.2 Å². The summed E-state index contributed by atoms with van der Waals surface area (Å²) in [5.74, 6) is 0. The van der Waals surface area contributed by atoms with Gasteiger partial charge < -0.3 is 5.40 Å². The van der Waals surface area contributed by atoms with E-state index in [4.69, 9.17) is 5.40 Å². The molecule has 0 aliphatic rings. The quantitative estimate of drug-likeness (QED) is 0.775. The standard InChI is InChI=1S/C20H33NSi3/c1-22(2)19-12-10-17(11-13-19)15-23(3,4)20-9-7-8-18(14-20)16-24(5,6)21/h7-14,22H,15-16,21H2,1-6H3. The van der Waals surface area contributed by atoms with E-state index in [0.29, 0.717) is 0 Å². The normalized spacial score (nSPS) is 12.7. The minimum Gasteiger partial charge on any atom is -0.351 e. The molecule has 0 heterocycles. The first-order valence-corrected chi connectivity index (χ1v) is 18.4. The van der Waals surface area contributed by atoms with E-state index in [2.05, 4.69) is 87.8 Å². The minimum absolute atomic E-state index is 0.686. The molecule has 0 aliphatic heterocycles. The number of hydrogen-bond acceptors (Lipinski definition) is 1. The van der Waals surface area contributed by atoms with Crippen LogP contribution in [0.3, 0.4) is 0 Å². The van der Waals surface area contributed by atoms with Crippen LogP contribution < -0.4 is 15.8 Å². The highest BCUT2D eigenvalue weighted by Crippen LogP contribution is 2.14. The van der Waals surface area contributed by atoms with E-state index in [-0.39, 0.29) is 0 Å². The Kier molecular flexibility index (Phi) is 6.07. The van der Waals surface area contributed by atoms with E-state index in [1.807, 2.05) is 0 Å². The molecule has 24 heavy (non-hydrogen) atoms. The van der Waals surface area contributed by atoms with Crippen LogP contribution >= 0.6 is 0 Å². The molecule has 0 aliphatic carbocycles. The Morgan fingerprint density at radius 3 is 2.00 bits per heavy atom. The average Bonchev–Trinajstić information content (AvgIpc) is 2.46. The van der Waals surface area contributed by atoms with Crippen molar-refractivity contribution >= 4 is 35.5 Å². The summed E-state index contributed by atoms with van der Waals surface area (Å²) in [6, 6.07) is 20.9. The molecule has 0 spiro atoms. The van der Waals surface area contributed by atoms with Gasteiger partial charge in [-0.05, 0) is 17.7 Å². The highest BCUT2D eigenvalue weighted by atomic mass is 28.3. The summed E-state index contributed by atoms with van der Waals surface area (Å²) in [6.07, 6.45) is 0. The van der Waals surface area contributed by atoms with Crippen LogP contribution in [-0.4, -0.2) is 25.1 Å². The fourth-order valence-electron chi connectivity index (χ4n) is 3.26. The van der Waals surface area contributed by atoms with E-state index in [1.54, 1.807) is 10.4 Å². The van der Waals surface area contributed by atoms with Gasteiger partial charge in [-0.2, -0.15) is 0 Å². The number of benzene rings is 2. The van der Waals surface area contributed by atoms with Gasteiger partial charge in [0.15, 0.2) is 0 Å². The van der Waals surface area contributed by atoms with Gasteiger partial charge in [-0.1, -0.05) is 104 Å². The predicted octanol–water partition coefficient (Wildman–Crippen LogP) is 3.32. The third-order valence-electron chi connectivity index (χ3n) is 4.66. The third kappa shape index (κ3) is 5.55. The van der Waals surface area contributed by atoms with Gasteiger partial charge in [0.25, 0.3) is 0 Å². The Bertz CT molecular complexity index is 670. The molecule has 1 nitrogen and oxygen atoms in total. The summed E-state index contributed by atoms with van der Waals surface area (Å²) in [4.78, 5) is 0. The van der Waals surface area contributed by atoms with Gasteiger partial charge in [-0.25, -0.2) is 0 Å². The number of nitrogens with two attached hydrogens (primary N) is 1. The minimum atomic E-state index is -1.55. The highest BCUT2D eigenvalue weighted by molar-refractivity contribution is 6.89. The van der Waals surface area contributed by atoms with E-state index in [9.17, 15) is 0 Å². The van der Waals surface area contributed by atoms with Crippen molar-refractivity contribution in [2.45, 2.75) is 51.4 Å². The van der Waals surface area contributed by atoms with Gasteiger partial charge in [-0.3, -0.25) is 0 Å². The van der Waals surface area contributed by atoms with Gasteiger partial charge in [-0.15, -0.1) is 0 Å². The van der Waals surface area contributed by atoms with Crippen LogP contribution in [0.2, 0.25) is 39.3 Å². The molecule has 2 N–H and O–H groups in total. The summed E-state index contributed by atoms with van der Waals surface area (Å²) in [7, 11) is -3.72. The van der Waals surface area contributed by atoms with Crippen molar-refractivity contribution < 1.29 is 0 Å². The van der Waals surface area contributed by atoms with Gasteiger partial charge >= 0.3 is 0 Å². The molecule has 0 atom stereocenters. The van der Waals surface area contributed by atoms with Crippen LogP contribution in [0.5, 0.6) is 0 Å². The van der Waals surface area contributed by atoms with Crippen molar-refractivity contribution in [2.75, 3.05) is 0 Å². The first-order valence-electron chi connectivity index (χ1n) is 9.04. The molecule has 2 aromatic carbocycles. The zero-order valence-electron chi connectivity index (χ0n) is 16.2. The van der Waals surface area contributed by atoms with Crippen molar-refractivity contribution in [3.05, 3.63) is 59.7 Å². The molecular weight excluding hydrogens is 338 g/mol. The molecule has 130 valence electrons. The van der Waals surface area contributed by atoms with E-state index >= 15 is 0 Å². The van der Waals surface area contributed by atoms with Crippen molar-refractivity contribution in [1.82, 2.24) is 0 Å². The fourth-order valence-corrected chi connectivity index (χ4v) is 8.08. The zero-order valence-corrected chi connectivity index (χ0v) is 19.3. The molecule has 0 unspecified atom stereocenters. The lowest BCUT2D eigenvalue weighted by Gasteiger charge is -2.25. The van der Waals surface area contributed by atoms with Crippen molar-refractivity contribution in [3.8, 4) is 0 Å². The smallest absolute Gasteiger partial charge is 0.121 e.